The van der Waals surface area contributed by atoms with Gasteiger partial charge in [-0.25, -0.2) is 0 Å². The lowest BCUT2D eigenvalue weighted by Crippen LogP contribution is -2.35. The van der Waals surface area contributed by atoms with Crippen molar-refractivity contribution in [2.24, 2.45) is 34.4 Å². The van der Waals surface area contributed by atoms with Gasteiger partial charge in [0.05, 0.1) is 32.6 Å². The summed E-state index contributed by atoms with van der Waals surface area (Å²) in [7, 11) is 3.12. The maximum Gasteiger partial charge on any atom is 0.233 e. The maximum atomic E-state index is 12.6. The van der Waals surface area contributed by atoms with E-state index in [0.29, 0.717) is 17.2 Å². The van der Waals surface area contributed by atoms with E-state index < -0.39 is 0 Å². The summed E-state index contributed by atoms with van der Waals surface area (Å²) in [5, 5.41) is 2.97. The Morgan fingerprint density at radius 2 is 1.79 bits per heavy atom. The average Bonchev–Trinajstić information content (AvgIpc) is 3.37. The Bertz CT molecular complexity index is 836. The van der Waals surface area contributed by atoms with Crippen LogP contribution >= 0.6 is 0 Å². The SMILES string of the molecule is COc1ccc(NC(N)=NCCN2C(=O)C3C4C=CC(C4)C3C2=O)cc1OC. The molecular weight excluding hydrogens is 360 g/mol. The molecule has 0 radical (unpaired) electrons. The van der Waals surface area contributed by atoms with Gasteiger partial charge in [-0.15, -0.1) is 0 Å². The molecule has 3 aliphatic rings. The Hall–Kier alpha value is -3.03. The number of nitrogens with one attached hydrogen (secondary N) is 1. The Balaban J connectivity index is 1.35. The highest BCUT2D eigenvalue weighted by molar-refractivity contribution is 6.06. The zero-order chi connectivity index (χ0) is 19.8. The Kier molecular flexibility index (Phi) is 4.70. The minimum absolute atomic E-state index is 0.0616. The number of imide groups is 1. The molecule has 2 amide bonds. The fourth-order valence-corrected chi connectivity index (χ4v) is 4.56. The van der Waals surface area contributed by atoms with E-state index in [1.807, 2.05) is 0 Å². The number of nitrogens with zero attached hydrogens (tertiary/aromatic N) is 2. The van der Waals surface area contributed by atoms with Gasteiger partial charge in [0.1, 0.15) is 0 Å². The first kappa shape index (κ1) is 18.3. The van der Waals surface area contributed by atoms with Crippen LogP contribution in [0.5, 0.6) is 11.5 Å². The average molecular weight is 384 g/mol. The summed E-state index contributed by atoms with van der Waals surface area (Å²) in [5.74, 6) is 1.36. The number of amides is 2. The number of aliphatic imine (C=N–C) groups is 1. The number of ether oxygens (including phenoxy) is 2. The number of nitrogens with two attached hydrogens (primary N) is 1. The lowest BCUT2D eigenvalue weighted by molar-refractivity contribution is -0.140. The van der Waals surface area contributed by atoms with Gasteiger partial charge in [-0.05, 0) is 30.4 Å². The molecule has 4 atom stereocenters. The second-order valence-electron chi connectivity index (χ2n) is 7.29. The van der Waals surface area contributed by atoms with Gasteiger partial charge >= 0.3 is 0 Å². The molecule has 2 aliphatic carbocycles. The van der Waals surface area contributed by atoms with Gasteiger partial charge in [-0.2, -0.15) is 0 Å². The highest BCUT2D eigenvalue weighted by Crippen LogP contribution is 2.52. The molecular formula is C20H24N4O4. The van der Waals surface area contributed by atoms with Crippen molar-refractivity contribution in [3.63, 3.8) is 0 Å². The standard InChI is InChI=1S/C20H24N4O4/c1-27-14-6-5-13(10-15(14)28-2)23-20(21)22-7-8-24-18(25)16-11-3-4-12(9-11)17(16)19(24)26/h3-6,10-12,16-17H,7-9H2,1-2H3,(H3,21,22,23). The number of allylic oxidation sites excluding steroid dienone is 2. The van der Waals surface area contributed by atoms with E-state index >= 15 is 0 Å². The van der Waals surface area contributed by atoms with Crippen molar-refractivity contribution in [1.29, 1.82) is 0 Å². The molecule has 2 fully saturated rings. The van der Waals surface area contributed by atoms with Gasteiger partial charge < -0.3 is 20.5 Å². The second-order valence-corrected chi connectivity index (χ2v) is 7.29. The summed E-state index contributed by atoms with van der Waals surface area (Å²) in [4.78, 5) is 30.9. The number of methoxy groups -OCH3 is 2. The van der Waals surface area contributed by atoms with Crippen LogP contribution in [0.25, 0.3) is 0 Å². The van der Waals surface area contributed by atoms with Crippen LogP contribution in [-0.4, -0.2) is 50.0 Å². The molecule has 4 unspecified atom stereocenters. The summed E-state index contributed by atoms with van der Waals surface area (Å²) in [5.41, 5.74) is 6.63. The molecule has 8 nitrogen and oxygen atoms in total. The maximum absolute atomic E-state index is 12.6. The molecule has 0 spiro atoms. The third-order valence-corrected chi connectivity index (χ3v) is 5.82. The van der Waals surface area contributed by atoms with Crippen molar-refractivity contribution in [2.45, 2.75) is 6.42 Å². The zero-order valence-corrected chi connectivity index (χ0v) is 15.9. The van der Waals surface area contributed by atoms with E-state index in [4.69, 9.17) is 15.2 Å². The fraction of sp³-hybridized carbons (Fsp3) is 0.450. The molecule has 1 saturated carbocycles. The molecule has 1 aromatic rings. The quantitative estimate of drug-likeness (QED) is 0.331. The van der Waals surface area contributed by atoms with Crippen LogP contribution in [0.4, 0.5) is 5.69 Å². The zero-order valence-electron chi connectivity index (χ0n) is 15.9. The largest absolute Gasteiger partial charge is 0.493 e. The molecule has 148 valence electrons. The molecule has 2 bridgehead atoms. The predicted octanol–water partition coefficient (Wildman–Crippen LogP) is 1.24. The first-order chi connectivity index (χ1) is 13.5. The third-order valence-electron chi connectivity index (χ3n) is 5.82. The first-order valence-corrected chi connectivity index (χ1v) is 9.36. The van der Waals surface area contributed by atoms with E-state index in [1.54, 1.807) is 32.4 Å². The summed E-state index contributed by atoms with van der Waals surface area (Å²) < 4.78 is 10.5. The van der Waals surface area contributed by atoms with Crippen LogP contribution in [0.15, 0.2) is 35.3 Å². The lowest BCUT2D eigenvalue weighted by atomic mass is 9.85. The number of anilines is 1. The Morgan fingerprint density at radius 1 is 1.14 bits per heavy atom. The topological polar surface area (TPSA) is 106 Å². The Labute approximate surface area is 163 Å². The van der Waals surface area contributed by atoms with Crippen molar-refractivity contribution in [3.05, 3.63) is 30.4 Å². The van der Waals surface area contributed by atoms with Crippen molar-refractivity contribution in [1.82, 2.24) is 4.90 Å². The van der Waals surface area contributed by atoms with E-state index in [-0.39, 0.29) is 54.5 Å². The minimum Gasteiger partial charge on any atom is -0.493 e. The second kappa shape index (κ2) is 7.18. The lowest BCUT2D eigenvalue weighted by Gasteiger charge is -2.16. The predicted molar refractivity (Wildman–Crippen MR) is 104 cm³/mol. The molecule has 28 heavy (non-hydrogen) atoms. The van der Waals surface area contributed by atoms with Gasteiger partial charge in [0.25, 0.3) is 0 Å². The summed E-state index contributed by atoms with van der Waals surface area (Å²) in [6.07, 6.45) is 5.11. The van der Waals surface area contributed by atoms with Gasteiger partial charge in [0.2, 0.25) is 11.8 Å². The smallest absolute Gasteiger partial charge is 0.233 e. The van der Waals surface area contributed by atoms with E-state index in [2.05, 4.69) is 22.5 Å². The van der Waals surface area contributed by atoms with Crippen LogP contribution < -0.4 is 20.5 Å². The van der Waals surface area contributed by atoms with Crippen LogP contribution in [0.1, 0.15) is 6.42 Å². The summed E-state index contributed by atoms with van der Waals surface area (Å²) >= 11 is 0. The van der Waals surface area contributed by atoms with E-state index in [1.165, 1.54) is 4.90 Å². The highest BCUT2D eigenvalue weighted by Gasteiger charge is 2.58. The van der Waals surface area contributed by atoms with Crippen LogP contribution in [-0.2, 0) is 9.59 Å². The Morgan fingerprint density at radius 3 is 2.39 bits per heavy atom. The van der Waals surface area contributed by atoms with Gasteiger partial charge in [0.15, 0.2) is 17.5 Å². The fourth-order valence-electron chi connectivity index (χ4n) is 4.56. The number of carbonyl (C=O) groups excluding carboxylic acids is 2. The van der Waals surface area contributed by atoms with Gasteiger partial charge in [-0.3, -0.25) is 19.5 Å². The number of fused-ring (bicyclic) bond motifs is 5. The molecule has 1 saturated heterocycles. The number of hydrogen-bond donors (Lipinski definition) is 2. The molecule has 1 aliphatic heterocycles. The summed E-state index contributed by atoms with van der Waals surface area (Å²) in [6.45, 7) is 0.504. The normalized spacial score (nSPS) is 28.1. The van der Waals surface area contributed by atoms with E-state index in [9.17, 15) is 9.59 Å². The van der Waals surface area contributed by atoms with Crippen LogP contribution in [0.3, 0.4) is 0 Å². The molecule has 3 N–H and O–H groups in total. The number of rotatable bonds is 6. The number of likely N-dealkylation sites (tertiary alicyclic amines) is 1. The first-order valence-electron chi connectivity index (χ1n) is 9.36. The van der Waals surface area contributed by atoms with Crippen molar-refractivity contribution < 1.29 is 19.1 Å². The number of carbonyl (C=O) groups is 2. The van der Waals surface area contributed by atoms with Crippen molar-refractivity contribution in [2.75, 3.05) is 32.6 Å². The highest BCUT2D eigenvalue weighted by atomic mass is 16.5. The van der Waals surface area contributed by atoms with Gasteiger partial charge in [0, 0.05) is 18.3 Å². The third kappa shape index (κ3) is 2.98. The van der Waals surface area contributed by atoms with Crippen LogP contribution in [0.2, 0.25) is 0 Å². The van der Waals surface area contributed by atoms with Crippen molar-refractivity contribution in [3.8, 4) is 11.5 Å². The molecule has 1 aromatic carbocycles. The number of hydrogen-bond acceptors (Lipinski definition) is 5. The summed E-state index contributed by atoms with van der Waals surface area (Å²) in [6, 6.07) is 5.30. The van der Waals surface area contributed by atoms with E-state index in [0.717, 1.165) is 6.42 Å². The number of benzene rings is 1. The molecule has 4 rings (SSSR count). The monoisotopic (exact) mass is 384 g/mol. The van der Waals surface area contributed by atoms with Crippen molar-refractivity contribution >= 4 is 23.5 Å². The molecule has 8 heteroatoms. The van der Waals surface area contributed by atoms with Gasteiger partial charge in [-0.1, -0.05) is 12.2 Å². The number of guanidine groups is 1. The molecule has 0 aromatic heterocycles. The molecule has 1 heterocycles. The minimum atomic E-state index is -0.172. The van der Waals surface area contributed by atoms with Crippen LogP contribution in [0, 0.1) is 23.7 Å².